The summed E-state index contributed by atoms with van der Waals surface area (Å²) < 4.78 is 0. The number of phenolic OH excluding ortho intramolecular Hbond substituents is 2. The Morgan fingerprint density at radius 3 is 1.95 bits per heavy atom. The molecule has 0 unspecified atom stereocenters. The van der Waals surface area contributed by atoms with E-state index in [9.17, 15) is 10.2 Å². The zero-order valence-electron chi connectivity index (χ0n) is 11.5. The van der Waals surface area contributed by atoms with E-state index < -0.39 is 0 Å². The average molecular weight is 258 g/mol. The van der Waals surface area contributed by atoms with E-state index in [-0.39, 0.29) is 16.9 Å². The minimum atomic E-state index is 0.0910. The molecule has 4 aliphatic carbocycles. The quantitative estimate of drug-likeness (QED) is 0.751. The van der Waals surface area contributed by atoms with Crippen molar-refractivity contribution < 1.29 is 10.2 Å². The maximum atomic E-state index is 10.4. The van der Waals surface area contributed by atoms with Gasteiger partial charge in [0.25, 0.3) is 0 Å². The number of hydrogen-bond donors (Lipinski definition) is 2. The lowest BCUT2D eigenvalue weighted by atomic mass is 9.48. The molecule has 5 rings (SSSR count). The predicted octanol–water partition coefficient (Wildman–Crippen LogP) is 3.87. The maximum Gasteiger partial charge on any atom is 0.161 e. The SMILES string of the molecule is Cc1ccc(C23CC4CC(CC(C4)C2)C3)c(O)c1O. The second-order valence-electron chi connectivity index (χ2n) is 7.33. The van der Waals surface area contributed by atoms with Gasteiger partial charge >= 0.3 is 0 Å². The van der Waals surface area contributed by atoms with Gasteiger partial charge in [-0.2, -0.15) is 0 Å². The van der Waals surface area contributed by atoms with Gasteiger partial charge in [-0.05, 0) is 74.2 Å². The molecule has 19 heavy (non-hydrogen) atoms. The standard InChI is InChI=1S/C17H22O2/c1-10-2-3-14(16(19)15(10)18)17-7-11-4-12(8-17)6-13(5-11)9-17/h2-3,11-13,18-19H,4-9H2,1H3. The molecule has 4 fully saturated rings. The van der Waals surface area contributed by atoms with Crippen LogP contribution in [0, 0.1) is 24.7 Å². The lowest BCUT2D eigenvalue weighted by Gasteiger charge is -2.57. The third kappa shape index (κ3) is 1.55. The Hall–Kier alpha value is -1.18. The molecule has 0 aliphatic heterocycles. The highest BCUT2D eigenvalue weighted by Gasteiger charge is 2.52. The van der Waals surface area contributed by atoms with Crippen molar-refractivity contribution in [3.63, 3.8) is 0 Å². The van der Waals surface area contributed by atoms with E-state index in [4.69, 9.17) is 0 Å². The Morgan fingerprint density at radius 1 is 0.895 bits per heavy atom. The van der Waals surface area contributed by atoms with E-state index in [1.165, 1.54) is 38.5 Å². The van der Waals surface area contributed by atoms with Gasteiger partial charge in [0.2, 0.25) is 0 Å². The monoisotopic (exact) mass is 258 g/mol. The molecular formula is C17H22O2. The van der Waals surface area contributed by atoms with Crippen LogP contribution >= 0.6 is 0 Å². The van der Waals surface area contributed by atoms with Crippen LogP contribution in [0.4, 0.5) is 0 Å². The minimum Gasteiger partial charge on any atom is -0.504 e. The molecule has 4 aliphatic rings. The van der Waals surface area contributed by atoms with Gasteiger partial charge in [0.1, 0.15) is 0 Å². The molecule has 0 saturated heterocycles. The Balaban J connectivity index is 1.82. The molecule has 1 aromatic rings. The lowest BCUT2D eigenvalue weighted by molar-refractivity contribution is -0.00627. The smallest absolute Gasteiger partial charge is 0.161 e. The van der Waals surface area contributed by atoms with Gasteiger partial charge in [0, 0.05) is 5.56 Å². The Morgan fingerprint density at radius 2 is 1.42 bits per heavy atom. The maximum absolute atomic E-state index is 10.4. The summed E-state index contributed by atoms with van der Waals surface area (Å²) in [7, 11) is 0. The van der Waals surface area contributed by atoms with Crippen molar-refractivity contribution in [2.45, 2.75) is 50.9 Å². The highest BCUT2D eigenvalue weighted by molar-refractivity contribution is 5.53. The van der Waals surface area contributed by atoms with Crippen molar-refractivity contribution in [1.82, 2.24) is 0 Å². The summed E-state index contributed by atoms with van der Waals surface area (Å²) in [5.41, 5.74) is 1.95. The van der Waals surface area contributed by atoms with Crippen LogP contribution in [0.5, 0.6) is 11.5 Å². The number of aromatic hydroxyl groups is 2. The number of benzene rings is 1. The van der Waals surface area contributed by atoms with Gasteiger partial charge in [-0.3, -0.25) is 0 Å². The van der Waals surface area contributed by atoms with Crippen LogP contribution < -0.4 is 0 Å². The average Bonchev–Trinajstić information content (AvgIpc) is 2.34. The van der Waals surface area contributed by atoms with Crippen LogP contribution in [-0.4, -0.2) is 10.2 Å². The van der Waals surface area contributed by atoms with Crippen molar-refractivity contribution in [2.24, 2.45) is 17.8 Å². The molecule has 0 spiro atoms. The fourth-order valence-electron chi connectivity index (χ4n) is 5.55. The molecule has 0 amide bonds. The summed E-state index contributed by atoms with van der Waals surface area (Å²) >= 11 is 0. The minimum absolute atomic E-state index is 0.0910. The van der Waals surface area contributed by atoms with Crippen molar-refractivity contribution in [3.8, 4) is 11.5 Å². The van der Waals surface area contributed by atoms with Gasteiger partial charge < -0.3 is 10.2 Å². The first-order valence-corrected chi connectivity index (χ1v) is 7.59. The van der Waals surface area contributed by atoms with E-state index in [2.05, 4.69) is 6.07 Å². The second kappa shape index (κ2) is 3.68. The van der Waals surface area contributed by atoms with Crippen molar-refractivity contribution in [3.05, 3.63) is 23.3 Å². The molecular weight excluding hydrogens is 236 g/mol. The zero-order chi connectivity index (χ0) is 13.2. The number of aryl methyl sites for hydroxylation is 1. The molecule has 2 heteroatoms. The van der Waals surface area contributed by atoms with E-state index in [0.717, 1.165) is 28.9 Å². The zero-order valence-corrected chi connectivity index (χ0v) is 11.5. The van der Waals surface area contributed by atoms with Crippen molar-refractivity contribution in [1.29, 1.82) is 0 Å². The normalized spacial score (nSPS) is 39.7. The van der Waals surface area contributed by atoms with Crippen LogP contribution in [0.1, 0.15) is 49.7 Å². The van der Waals surface area contributed by atoms with Crippen LogP contribution in [0.2, 0.25) is 0 Å². The Labute approximate surface area is 114 Å². The van der Waals surface area contributed by atoms with Gasteiger partial charge in [0.15, 0.2) is 11.5 Å². The van der Waals surface area contributed by atoms with Gasteiger partial charge in [-0.15, -0.1) is 0 Å². The molecule has 0 heterocycles. The summed E-state index contributed by atoms with van der Waals surface area (Å²) in [5, 5.41) is 20.4. The largest absolute Gasteiger partial charge is 0.504 e. The third-order valence-electron chi connectivity index (χ3n) is 5.96. The van der Waals surface area contributed by atoms with Gasteiger partial charge in [0.05, 0.1) is 0 Å². The summed E-state index contributed by atoms with van der Waals surface area (Å²) in [5.74, 6) is 2.81. The molecule has 1 aromatic carbocycles. The first-order valence-electron chi connectivity index (χ1n) is 7.59. The Kier molecular flexibility index (Phi) is 2.25. The molecule has 2 nitrogen and oxygen atoms in total. The Bertz CT molecular complexity index is 497. The molecule has 0 aromatic heterocycles. The summed E-state index contributed by atoms with van der Waals surface area (Å²) in [6.45, 7) is 1.85. The lowest BCUT2D eigenvalue weighted by Crippen LogP contribution is -2.48. The van der Waals surface area contributed by atoms with Gasteiger partial charge in [-0.25, -0.2) is 0 Å². The van der Waals surface area contributed by atoms with Crippen molar-refractivity contribution in [2.75, 3.05) is 0 Å². The van der Waals surface area contributed by atoms with E-state index in [1.807, 2.05) is 13.0 Å². The van der Waals surface area contributed by atoms with Crippen LogP contribution in [0.25, 0.3) is 0 Å². The second-order valence-corrected chi connectivity index (χ2v) is 7.33. The molecule has 2 N–H and O–H groups in total. The van der Waals surface area contributed by atoms with Crippen molar-refractivity contribution >= 4 is 0 Å². The van der Waals surface area contributed by atoms with E-state index in [0.29, 0.717) is 0 Å². The van der Waals surface area contributed by atoms with Crippen LogP contribution in [-0.2, 0) is 5.41 Å². The fraction of sp³-hybridized carbons (Fsp3) is 0.647. The molecule has 102 valence electrons. The van der Waals surface area contributed by atoms with E-state index >= 15 is 0 Å². The van der Waals surface area contributed by atoms with E-state index in [1.54, 1.807) is 0 Å². The fourth-order valence-corrected chi connectivity index (χ4v) is 5.55. The molecule has 4 saturated carbocycles. The number of phenols is 2. The first kappa shape index (κ1) is 11.6. The predicted molar refractivity (Wildman–Crippen MR) is 74.4 cm³/mol. The van der Waals surface area contributed by atoms with Crippen LogP contribution in [0.15, 0.2) is 12.1 Å². The number of rotatable bonds is 1. The molecule has 0 radical (unpaired) electrons. The summed E-state index contributed by atoms with van der Waals surface area (Å²) in [6.07, 6.45) is 7.85. The highest BCUT2D eigenvalue weighted by Crippen LogP contribution is 2.62. The first-order chi connectivity index (χ1) is 9.07. The highest BCUT2D eigenvalue weighted by atomic mass is 16.3. The summed E-state index contributed by atoms with van der Waals surface area (Å²) in [4.78, 5) is 0. The summed E-state index contributed by atoms with van der Waals surface area (Å²) in [6, 6.07) is 4.03. The molecule has 0 atom stereocenters. The van der Waals surface area contributed by atoms with Gasteiger partial charge in [-0.1, -0.05) is 12.1 Å². The number of hydrogen-bond acceptors (Lipinski definition) is 2. The third-order valence-corrected chi connectivity index (χ3v) is 5.96. The molecule has 4 bridgehead atoms. The van der Waals surface area contributed by atoms with Crippen LogP contribution in [0.3, 0.4) is 0 Å². The topological polar surface area (TPSA) is 40.5 Å².